The predicted molar refractivity (Wildman–Crippen MR) is 86.5 cm³/mol. The Labute approximate surface area is 126 Å². The number of hydrogen-bond acceptors (Lipinski definition) is 1. The SMILES string of the molecule is Cc1cccc(/C=C/NC(=O)Nc2cccc(Br)c2)c1. The van der Waals surface area contributed by atoms with Crippen LogP contribution in [0.2, 0.25) is 0 Å². The number of aryl methyl sites for hydroxylation is 1. The molecule has 4 heteroatoms. The minimum absolute atomic E-state index is 0.271. The number of amides is 2. The monoisotopic (exact) mass is 330 g/mol. The molecule has 20 heavy (non-hydrogen) atoms. The maximum atomic E-state index is 11.7. The van der Waals surface area contributed by atoms with Crippen molar-refractivity contribution in [3.8, 4) is 0 Å². The molecule has 0 heterocycles. The van der Waals surface area contributed by atoms with E-state index in [1.54, 1.807) is 6.20 Å². The van der Waals surface area contributed by atoms with E-state index < -0.39 is 0 Å². The molecule has 0 aliphatic heterocycles. The van der Waals surface area contributed by atoms with Crippen LogP contribution in [0.1, 0.15) is 11.1 Å². The molecule has 0 atom stereocenters. The zero-order valence-electron chi connectivity index (χ0n) is 11.1. The van der Waals surface area contributed by atoms with Gasteiger partial charge in [-0.05, 0) is 36.8 Å². The Morgan fingerprint density at radius 1 is 1.15 bits per heavy atom. The van der Waals surface area contributed by atoms with Gasteiger partial charge in [0.25, 0.3) is 0 Å². The number of rotatable bonds is 3. The molecule has 0 radical (unpaired) electrons. The smallest absolute Gasteiger partial charge is 0.314 e. The van der Waals surface area contributed by atoms with E-state index in [1.807, 2.05) is 61.5 Å². The summed E-state index contributed by atoms with van der Waals surface area (Å²) in [5.74, 6) is 0. The van der Waals surface area contributed by atoms with Gasteiger partial charge in [-0.15, -0.1) is 0 Å². The molecule has 0 fully saturated rings. The van der Waals surface area contributed by atoms with Crippen LogP contribution in [0.3, 0.4) is 0 Å². The summed E-state index contributed by atoms with van der Waals surface area (Å²) in [4.78, 5) is 11.7. The fraction of sp³-hybridized carbons (Fsp3) is 0.0625. The van der Waals surface area contributed by atoms with E-state index >= 15 is 0 Å². The molecule has 2 N–H and O–H groups in total. The Hall–Kier alpha value is -2.07. The van der Waals surface area contributed by atoms with E-state index in [0.29, 0.717) is 0 Å². The van der Waals surface area contributed by atoms with Gasteiger partial charge >= 0.3 is 6.03 Å². The first-order chi connectivity index (χ1) is 9.63. The molecule has 0 aliphatic rings. The molecule has 0 saturated heterocycles. The molecule has 0 aromatic heterocycles. The van der Waals surface area contributed by atoms with Crippen LogP contribution >= 0.6 is 15.9 Å². The largest absolute Gasteiger partial charge is 0.323 e. The zero-order chi connectivity index (χ0) is 14.4. The zero-order valence-corrected chi connectivity index (χ0v) is 12.6. The molecular weight excluding hydrogens is 316 g/mol. The summed E-state index contributed by atoms with van der Waals surface area (Å²) in [6, 6.07) is 15.2. The molecule has 3 nitrogen and oxygen atoms in total. The second-order valence-electron chi connectivity index (χ2n) is 4.36. The Morgan fingerprint density at radius 3 is 2.70 bits per heavy atom. The van der Waals surface area contributed by atoms with Crippen molar-refractivity contribution >= 4 is 33.7 Å². The van der Waals surface area contributed by atoms with E-state index in [4.69, 9.17) is 0 Å². The molecule has 0 saturated carbocycles. The van der Waals surface area contributed by atoms with Crippen LogP contribution < -0.4 is 10.6 Å². The van der Waals surface area contributed by atoms with Crippen molar-refractivity contribution in [1.82, 2.24) is 5.32 Å². The number of anilines is 1. The summed E-state index contributed by atoms with van der Waals surface area (Å²) in [6.45, 7) is 2.03. The topological polar surface area (TPSA) is 41.1 Å². The summed E-state index contributed by atoms with van der Waals surface area (Å²) >= 11 is 3.36. The first kappa shape index (κ1) is 14.3. The van der Waals surface area contributed by atoms with Crippen molar-refractivity contribution in [2.24, 2.45) is 0 Å². The van der Waals surface area contributed by atoms with E-state index in [9.17, 15) is 4.79 Å². The molecule has 0 bridgehead atoms. The fourth-order valence-electron chi connectivity index (χ4n) is 1.72. The van der Waals surface area contributed by atoms with Gasteiger partial charge in [0.05, 0.1) is 0 Å². The van der Waals surface area contributed by atoms with Crippen LogP contribution in [0.5, 0.6) is 0 Å². The molecule has 102 valence electrons. The van der Waals surface area contributed by atoms with Crippen molar-refractivity contribution in [3.05, 3.63) is 70.3 Å². The number of urea groups is 1. The second kappa shape index (κ2) is 6.91. The highest BCUT2D eigenvalue weighted by atomic mass is 79.9. The van der Waals surface area contributed by atoms with Gasteiger partial charge in [-0.3, -0.25) is 0 Å². The number of hydrogen-bond donors (Lipinski definition) is 2. The van der Waals surface area contributed by atoms with Crippen molar-refractivity contribution < 1.29 is 4.79 Å². The minimum atomic E-state index is -0.271. The summed E-state index contributed by atoms with van der Waals surface area (Å²) in [5, 5.41) is 5.42. The van der Waals surface area contributed by atoms with Gasteiger partial charge in [-0.1, -0.05) is 51.8 Å². The Balaban J connectivity index is 1.89. The molecule has 0 aliphatic carbocycles. The van der Waals surface area contributed by atoms with Crippen molar-refractivity contribution in [2.75, 3.05) is 5.32 Å². The van der Waals surface area contributed by atoms with E-state index in [1.165, 1.54) is 5.56 Å². The lowest BCUT2D eigenvalue weighted by molar-refractivity contribution is 0.255. The summed E-state index contributed by atoms with van der Waals surface area (Å²) in [7, 11) is 0. The van der Waals surface area contributed by atoms with Crippen LogP contribution in [0.25, 0.3) is 6.08 Å². The van der Waals surface area contributed by atoms with Gasteiger partial charge < -0.3 is 10.6 Å². The maximum absolute atomic E-state index is 11.7. The molecule has 0 unspecified atom stereocenters. The molecule has 2 aromatic carbocycles. The quantitative estimate of drug-likeness (QED) is 0.851. The van der Waals surface area contributed by atoms with E-state index in [0.717, 1.165) is 15.7 Å². The molecular formula is C16H15BrN2O. The van der Waals surface area contributed by atoms with Crippen LogP contribution in [0.4, 0.5) is 10.5 Å². The Kier molecular flexibility index (Phi) is 4.96. The van der Waals surface area contributed by atoms with Gasteiger partial charge in [0.15, 0.2) is 0 Å². The molecule has 2 rings (SSSR count). The summed E-state index contributed by atoms with van der Waals surface area (Å²) in [5.41, 5.74) is 2.97. The van der Waals surface area contributed by atoms with Crippen LogP contribution in [0, 0.1) is 6.92 Å². The lowest BCUT2D eigenvalue weighted by atomic mass is 10.1. The minimum Gasteiger partial charge on any atom is -0.314 e. The van der Waals surface area contributed by atoms with Crippen LogP contribution in [0.15, 0.2) is 59.2 Å². The fourth-order valence-corrected chi connectivity index (χ4v) is 2.12. The Bertz CT molecular complexity index is 638. The van der Waals surface area contributed by atoms with Gasteiger partial charge in [-0.25, -0.2) is 4.79 Å². The normalized spacial score (nSPS) is 10.5. The standard InChI is InChI=1S/C16H15BrN2O/c1-12-4-2-5-13(10-12)8-9-18-16(20)19-15-7-3-6-14(17)11-15/h2-11H,1H3,(H2,18,19,20)/b9-8+. The average molecular weight is 331 g/mol. The highest BCUT2D eigenvalue weighted by Gasteiger charge is 1.99. The summed E-state index contributed by atoms with van der Waals surface area (Å²) < 4.78 is 0.922. The highest BCUT2D eigenvalue weighted by molar-refractivity contribution is 9.10. The third-order valence-electron chi connectivity index (χ3n) is 2.61. The maximum Gasteiger partial charge on any atom is 0.323 e. The Morgan fingerprint density at radius 2 is 1.95 bits per heavy atom. The molecule has 0 spiro atoms. The first-order valence-electron chi connectivity index (χ1n) is 6.20. The van der Waals surface area contributed by atoms with Crippen molar-refractivity contribution in [3.63, 3.8) is 0 Å². The van der Waals surface area contributed by atoms with E-state index in [-0.39, 0.29) is 6.03 Å². The van der Waals surface area contributed by atoms with Gasteiger partial charge in [0, 0.05) is 16.4 Å². The lowest BCUT2D eigenvalue weighted by Crippen LogP contribution is -2.23. The summed E-state index contributed by atoms with van der Waals surface area (Å²) in [6.07, 6.45) is 3.48. The number of benzene rings is 2. The van der Waals surface area contributed by atoms with E-state index in [2.05, 4.69) is 26.6 Å². The molecule has 2 amide bonds. The van der Waals surface area contributed by atoms with Gasteiger partial charge in [0.1, 0.15) is 0 Å². The molecule has 2 aromatic rings. The highest BCUT2D eigenvalue weighted by Crippen LogP contribution is 2.15. The average Bonchev–Trinajstić information content (AvgIpc) is 2.38. The van der Waals surface area contributed by atoms with Gasteiger partial charge in [0.2, 0.25) is 0 Å². The third kappa shape index (κ3) is 4.55. The number of carbonyl (C=O) groups excluding carboxylic acids is 1. The first-order valence-corrected chi connectivity index (χ1v) is 6.99. The second-order valence-corrected chi connectivity index (χ2v) is 5.27. The number of halogens is 1. The van der Waals surface area contributed by atoms with Gasteiger partial charge in [-0.2, -0.15) is 0 Å². The third-order valence-corrected chi connectivity index (χ3v) is 3.11. The van der Waals surface area contributed by atoms with Crippen molar-refractivity contribution in [1.29, 1.82) is 0 Å². The lowest BCUT2D eigenvalue weighted by Gasteiger charge is -2.04. The predicted octanol–water partition coefficient (Wildman–Crippen LogP) is 4.55. The number of carbonyl (C=O) groups is 1. The van der Waals surface area contributed by atoms with Crippen LogP contribution in [-0.2, 0) is 0 Å². The van der Waals surface area contributed by atoms with Crippen LogP contribution in [-0.4, -0.2) is 6.03 Å². The number of nitrogens with one attached hydrogen (secondary N) is 2. The van der Waals surface area contributed by atoms with Crippen molar-refractivity contribution in [2.45, 2.75) is 6.92 Å².